The second-order valence-corrected chi connectivity index (χ2v) is 11.2. The molecule has 10 nitrogen and oxygen atoms in total. The van der Waals surface area contributed by atoms with Crippen LogP contribution >= 0.6 is 0 Å². The predicted molar refractivity (Wildman–Crippen MR) is 153 cm³/mol. The Labute approximate surface area is 240 Å². The van der Waals surface area contributed by atoms with Crippen molar-refractivity contribution in [2.75, 3.05) is 59.8 Å². The van der Waals surface area contributed by atoms with Gasteiger partial charge in [-0.05, 0) is 43.2 Å². The molecule has 2 heterocycles. The van der Waals surface area contributed by atoms with E-state index in [1.165, 1.54) is 48.0 Å². The van der Waals surface area contributed by atoms with Gasteiger partial charge in [0.1, 0.15) is 11.6 Å². The molecule has 0 aromatic heterocycles. The molecule has 4 rings (SSSR count). The molecular weight excluding hydrogens is 529 g/mol. The highest BCUT2D eigenvalue weighted by Crippen LogP contribution is 2.42. The van der Waals surface area contributed by atoms with Crippen molar-refractivity contribution in [1.82, 2.24) is 19.6 Å². The summed E-state index contributed by atoms with van der Waals surface area (Å²) in [5, 5.41) is 0. The zero-order chi connectivity index (χ0) is 30.2. The molecule has 2 aromatic carbocycles. The zero-order valence-electron chi connectivity index (χ0n) is 24.7. The molecule has 0 aliphatic carbocycles. The largest absolute Gasteiger partial charge is 0.496 e. The van der Waals surface area contributed by atoms with Gasteiger partial charge in [-0.25, -0.2) is 9.18 Å². The van der Waals surface area contributed by atoms with Gasteiger partial charge >= 0.3 is 6.03 Å². The van der Waals surface area contributed by atoms with Crippen molar-refractivity contribution in [2.45, 2.75) is 38.4 Å². The minimum absolute atomic E-state index is 0.0128. The van der Waals surface area contributed by atoms with Crippen LogP contribution in [0.5, 0.6) is 5.75 Å². The number of urea groups is 1. The van der Waals surface area contributed by atoms with Gasteiger partial charge in [0.05, 0.1) is 24.3 Å². The molecule has 1 fully saturated rings. The standard InChI is InChI=1S/C30H38FN5O5/c1-18-15-35(19(2)14-34(18)16-20-8-10-21(31)11-9-20)28(38)23-12-22-24(27(37)29(39)32(3)4)17-36(30(40)33(5)6)25(22)13-26(23)41-7/h8-13,18-19,24H,14-17H2,1-7H3/t18-,19+,24?/m0/s1. The number of fused-ring (bicyclic) bond motifs is 1. The number of carbonyl (C=O) groups excluding carboxylic acids is 4. The number of carbonyl (C=O) groups is 4. The summed E-state index contributed by atoms with van der Waals surface area (Å²) in [7, 11) is 7.67. The molecule has 220 valence electrons. The van der Waals surface area contributed by atoms with Crippen LogP contribution in [0, 0.1) is 5.82 Å². The monoisotopic (exact) mass is 567 g/mol. The highest BCUT2D eigenvalue weighted by molar-refractivity contribution is 6.38. The fraction of sp³-hybridized carbons (Fsp3) is 0.467. The molecular formula is C30H38FN5O5. The third-order valence-corrected chi connectivity index (χ3v) is 7.83. The molecule has 0 spiro atoms. The molecule has 1 unspecified atom stereocenters. The third-order valence-electron chi connectivity index (χ3n) is 7.83. The average molecular weight is 568 g/mol. The second-order valence-electron chi connectivity index (χ2n) is 11.2. The first-order valence-corrected chi connectivity index (χ1v) is 13.6. The summed E-state index contributed by atoms with van der Waals surface area (Å²) in [6.07, 6.45) is 0. The Morgan fingerprint density at radius 3 is 2.17 bits per heavy atom. The maximum absolute atomic E-state index is 14.0. The Balaban J connectivity index is 1.65. The molecule has 2 aromatic rings. The van der Waals surface area contributed by atoms with Crippen LogP contribution in [0.1, 0.15) is 41.3 Å². The lowest BCUT2D eigenvalue weighted by Gasteiger charge is -2.44. The molecule has 0 N–H and O–H groups in total. The maximum atomic E-state index is 14.0. The number of methoxy groups -OCH3 is 1. The van der Waals surface area contributed by atoms with E-state index in [-0.39, 0.29) is 47.7 Å². The van der Waals surface area contributed by atoms with Gasteiger partial charge in [-0.15, -0.1) is 0 Å². The Morgan fingerprint density at radius 1 is 0.927 bits per heavy atom. The van der Waals surface area contributed by atoms with E-state index in [0.29, 0.717) is 30.9 Å². The van der Waals surface area contributed by atoms with Gasteiger partial charge in [0.25, 0.3) is 11.8 Å². The van der Waals surface area contributed by atoms with Crippen LogP contribution in [0.4, 0.5) is 14.9 Å². The number of hydrogen-bond donors (Lipinski definition) is 0. The molecule has 41 heavy (non-hydrogen) atoms. The van der Waals surface area contributed by atoms with Crippen molar-refractivity contribution in [1.29, 1.82) is 0 Å². The van der Waals surface area contributed by atoms with Crippen LogP contribution in [0.15, 0.2) is 36.4 Å². The predicted octanol–water partition coefficient (Wildman–Crippen LogP) is 2.81. The number of amides is 4. The van der Waals surface area contributed by atoms with Crippen LogP contribution in [0.2, 0.25) is 0 Å². The fourth-order valence-electron chi connectivity index (χ4n) is 5.51. The number of ether oxygens (including phenoxy) is 1. The van der Waals surface area contributed by atoms with Gasteiger partial charge in [0.15, 0.2) is 0 Å². The molecule has 4 amide bonds. The van der Waals surface area contributed by atoms with Crippen molar-refractivity contribution in [3.8, 4) is 5.75 Å². The molecule has 0 radical (unpaired) electrons. The minimum Gasteiger partial charge on any atom is -0.496 e. The lowest BCUT2D eigenvalue weighted by Crippen LogP contribution is -2.57. The van der Waals surface area contributed by atoms with Gasteiger partial charge in [-0.2, -0.15) is 0 Å². The van der Waals surface area contributed by atoms with E-state index in [0.717, 1.165) is 5.56 Å². The van der Waals surface area contributed by atoms with Crippen molar-refractivity contribution in [3.05, 3.63) is 58.9 Å². The average Bonchev–Trinajstić information content (AvgIpc) is 3.31. The number of piperazine rings is 1. The number of nitrogens with zero attached hydrogens (tertiary/aromatic N) is 5. The Morgan fingerprint density at radius 2 is 1.59 bits per heavy atom. The van der Waals surface area contributed by atoms with E-state index in [1.807, 2.05) is 13.8 Å². The van der Waals surface area contributed by atoms with Crippen LogP contribution in [0.3, 0.4) is 0 Å². The Bertz CT molecular complexity index is 1350. The lowest BCUT2D eigenvalue weighted by atomic mass is 9.93. The highest BCUT2D eigenvalue weighted by Gasteiger charge is 2.42. The Kier molecular flexibility index (Phi) is 8.67. The zero-order valence-corrected chi connectivity index (χ0v) is 24.7. The van der Waals surface area contributed by atoms with Gasteiger partial charge < -0.3 is 19.4 Å². The smallest absolute Gasteiger partial charge is 0.323 e. The molecule has 0 bridgehead atoms. The maximum Gasteiger partial charge on any atom is 0.323 e. The summed E-state index contributed by atoms with van der Waals surface area (Å²) in [4.78, 5) is 61.0. The summed E-state index contributed by atoms with van der Waals surface area (Å²) in [5.74, 6) is -2.49. The summed E-state index contributed by atoms with van der Waals surface area (Å²) >= 11 is 0. The molecule has 3 atom stereocenters. The molecule has 11 heteroatoms. The third kappa shape index (κ3) is 5.90. The topological polar surface area (TPSA) is 93.7 Å². The number of halogens is 1. The van der Waals surface area contributed by atoms with Gasteiger partial charge in [-0.3, -0.25) is 24.2 Å². The number of likely N-dealkylation sites (N-methyl/N-ethyl adjacent to an activating group) is 1. The van der Waals surface area contributed by atoms with Crippen molar-refractivity contribution < 1.29 is 28.3 Å². The lowest BCUT2D eigenvalue weighted by molar-refractivity contribution is -0.143. The van der Waals surface area contributed by atoms with Gasteiger partial charge in [-0.1, -0.05) is 12.1 Å². The number of anilines is 1. The van der Waals surface area contributed by atoms with Gasteiger partial charge in [0, 0.05) is 72.5 Å². The number of ketones is 1. The summed E-state index contributed by atoms with van der Waals surface area (Å²) in [6, 6.07) is 9.17. The molecule has 2 aliphatic heterocycles. The van der Waals surface area contributed by atoms with E-state index in [4.69, 9.17) is 4.74 Å². The number of rotatable bonds is 6. The first-order chi connectivity index (χ1) is 19.3. The SMILES string of the molecule is COc1cc2c(cc1C(=O)N1C[C@H](C)N(Cc3ccc(F)cc3)C[C@H]1C)C(C(=O)C(=O)N(C)C)CN2C(=O)N(C)C. The molecule has 2 aliphatic rings. The second kappa shape index (κ2) is 11.9. The van der Waals surface area contributed by atoms with E-state index in [2.05, 4.69) is 4.90 Å². The van der Waals surface area contributed by atoms with Crippen molar-refractivity contribution in [2.24, 2.45) is 0 Å². The fourth-order valence-corrected chi connectivity index (χ4v) is 5.51. The van der Waals surface area contributed by atoms with E-state index < -0.39 is 17.6 Å². The van der Waals surface area contributed by atoms with Gasteiger partial charge in [0.2, 0.25) is 5.78 Å². The first kappa shape index (κ1) is 30.0. The van der Waals surface area contributed by atoms with Crippen molar-refractivity contribution >= 4 is 29.3 Å². The van der Waals surface area contributed by atoms with Crippen LogP contribution in [-0.4, -0.2) is 110 Å². The normalized spacial score (nSPS) is 20.4. The highest BCUT2D eigenvalue weighted by atomic mass is 19.1. The summed E-state index contributed by atoms with van der Waals surface area (Å²) < 4.78 is 19.0. The van der Waals surface area contributed by atoms with E-state index in [1.54, 1.807) is 43.3 Å². The van der Waals surface area contributed by atoms with Crippen LogP contribution in [0.25, 0.3) is 0 Å². The molecule has 1 saturated heterocycles. The Hall–Kier alpha value is -3.99. The number of hydrogen-bond acceptors (Lipinski definition) is 6. The van der Waals surface area contributed by atoms with E-state index >= 15 is 0 Å². The summed E-state index contributed by atoms with van der Waals surface area (Å²) in [5.41, 5.74) is 2.14. The summed E-state index contributed by atoms with van der Waals surface area (Å²) in [6.45, 7) is 5.70. The molecule has 0 saturated carbocycles. The quantitative estimate of drug-likeness (QED) is 0.499. The van der Waals surface area contributed by atoms with E-state index in [9.17, 15) is 23.6 Å². The van der Waals surface area contributed by atoms with Crippen molar-refractivity contribution in [3.63, 3.8) is 0 Å². The number of benzene rings is 2. The van der Waals surface area contributed by atoms with Crippen LogP contribution < -0.4 is 9.64 Å². The first-order valence-electron chi connectivity index (χ1n) is 13.6. The number of Topliss-reactive ketones (excluding diaryl/α,β-unsaturated/α-hetero) is 1. The van der Waals surface area contributed by atoms with Crippen LogP contribution in [-0.2, 0) is 16.1 Å². The minimum atomic E-state index is -0.912.